The van der Waals surface area contributed by atoms with Crippen LogP contribution in [0.2, 0.25) is 0 Å². The lowest BCUT2D eigenvalue weighted by molar-refractivity contribution is -0.160. The summed E-state index contributed by atoms with van der Waals surface area (Å²) in [7, 11) is 1.03. The first kappa shape index (κ1) is 28.0. The van der Waals surface area contributed by atoms with Crippen LogP contribution in [0.3, 0.4) is 0 Å². The molecule has 0 fully saturated rings. The third-order valence-electron chi connectivity index (χ3n) is 4.26. The summed E-state index contributed by atoms with van der Waals surface area (Å²) in [6, 6.07) is 0.835. The van der Waals surface area contributed by atoms with E-state index in [-0.39, 0.29) is 6.07 Å². The zero-order valence-corrected chi connectivity index (χ0v) is 18.5. The predicted molar refractivity (Wildman–Crippen MR) is 101 cm³/mol. The molecule has 15 heteroatoms. The molecule has 0 aliphatic heterocycles. The Hall–Kier alpha value is -3.26. The van der Waals surface area contributed by atoms with Crippen LogP contribution in [0.25, 0.3) is 0 Å². The van der Waals surface area contributed by atoms with Gasteiger partial charge in [0.15, 0.2) is 5.69 Å². The highest BCUT2D eigenvalue weighted by Gasteiger charge is 2.39. The molecule has 0 aliphatic rings. The highest BCUT2D eigenvalue weighted by atomic mass is 19.4. The Morgan fingerprint density at radius 2 is 1.54 bits per heavy atom. The first-order valence-corrected chi connectivity index (χ1v) is 9.49. The predicted octanol–water partition coefficient (Wildman–Crippen LogP) is 5.63. The minimum absolute atomic E-state index is 0.212. The smallest absolute Gasteiger partial charge is 0.433 e. The molecule has 6 nitrogen and oxygen atoms in total. The number of halogens is 9. The lowest BCUT2D eigenvalue weighted by Gasteiger charge is -2.18. The molecule has 2 aromatic rings. The molecule has 2 rings (SSSR count). The summed E-state index contributed by atoms with van der Waals surface area (Å²) in [5.41, 5.74) is -8.13. The normalized spacial score (nSPS) is 13.7. The second-order valence-corrected chi connectivity index (χ2v) is 8.12. The fourth-order valence-electron chi connectivity index (χ4n) is 2.42. The number of rotatable bonds is 4. The molecule has 0 aliphatic carbocycles. The molecule has 35 heavy (non-hydrogen) atoms. The van der Waals surface area contributed by atoms with Crippen LogP contribution in [0, 0.1) is 5.41 Å². The highest BCUT2D eigenvalue weighted by Crippen LogP contribution is 2.40. The topological polar surface area (TPSA) is 65.7 Å². The monoisotopic (exact) mass is 519 g/mol. The summed E-state index contributed by atoms with van der Waals surface area (Å²) in [6.45, 7) is 3.66. The standard InChI is InChI=1S/C20H18F9N3O3/c1-17(2,3)15(33)35-9-34-14-8-13(20(27,28)29)31-16(32(14)4)30-12-6-5-10(18(21,22)23)7-11(12)19(24,25)26/h5-8H,9H2,1-4H3. The van der Waals surface area contributed by atoms with Gasteiger partial charge in [-0.3, -0.25) is 9.36 Å². The molecular formula is C20H18F9N3O3. The summed E-state index contributed by atoms with van der Waals surface area (Å²) in [5.74, 6) is -1.40. The minimum atomic E-state index is -5.32. The molecule has 0 saturated heterocycles. The first-order chi connectivity index (χ1) is 15.7. The molecule has 0 saturated carbocycles. The molecule has 1 aromatic carbocycles. The SMILES string of the molecule is Cn1c(OCOC(=O)C(C)(C)C)cc(C(F)(F)F)nc1=Nc1ccc(C(F)(F)F)cc1C(F)(F)F. The van der Waals surface area contributed by atoms with E-state index in [0.29, 0.717) is 22.8 Å². The van der Waals surface area contributed by atoms with Gasteiger partial charge >= 0.3 is 24.5 Å². The van der Waals surface area contributed by atoms with Crippen molar-refractivity contribution in [3.8, 4) is 5.88 Å². The van der Waals surface area contributed by atoms with Gasteiger partial charge in [0.05, 0.1) is 22.2 Å². The van der Waals surface area contributed by atoms with Crippen molar-refractivity contribution in [3.63, 3.8) is 0 Å². The Bertz CT molecular complexity index is 1160. The zero-order chi connectivity index (χ0) is 27.0. The Labute approximate surface area is 192 Å². The van der Waals surface area contributed by atoms with E-state index < -0.39 is 70.7 Å². The van der Waals surface area contributed by atoms with Crippen molar-refractivity contribution in [1.82, 2.24) is 9.55 Å². The summed E-state index contributed by atoms with van der Waals surface area (Å²) in [4.78, 5) is 18.4. The van der Waals surface area contributed by atoms with Crippen LogP contribution in [0.4, 0.5) is 45.2 Å². The molecule has 1 aromatic heterocycles. The van der Waals surface area contributed by atoms with Crippen molar-refractivity contribution in [2.24, 2.45) is 17.5 Å². The number of carbonyl (C=O) groups is 1. The van der Waals surface area contributed by atoms with Gasteiger partial charge in [0, 0.05) is 13.1 Å². The van der Waals surface area contributed by atoms with E-state index in [4.69, 9.17) is 9.47 Å². The summed E-state index contributed by atoms with van der Waals surface area (Å²) < 4.78 is 129. The Balaban J connectivity index is 2.64. The largest absolute Gasteiger partial charge is 0.442 e. The minimum Gasteiger partial charge on any atom is -0.442 e. The van der Waals surface area contributed by atoms with Crippen molar-refractivity contribution in [2.45, 2.75) is 39.3 Å². The van der Waals surface area contributed by atoms with Crippen LogP contribution in [0.15, 0.2) is 29.3 Å². The van der Waals surface area contributed by atoms with Gasteiger partial charge in [0.2, 0.25) is 18.3 Å². The quantitative estimate of drug-likeness (QED) is 0.298. The summed E-state index contributed by atoms with van der Waals surface area (Å²) in [5, 5.41) is 0. The van der Waals surface area contributed by atoms with Gasteiger partial charge in [-0.1, -0.05) is 0 Å². The number of alkyl halides is 9. The fourth-order valence-corrected chi connectivity index (χ4v) is 2.42. The van der Waals surface area contributed by atoms with Crippen LogP contribution >= 0.6 is 0 Å². The van der Waals surface area contributed by atoms with E-state index in [1.165, 1.54) is 20.8 Å². The number of ether oxygens (including phenoxy) is 2. The Morgan fingerprint density at radius 3 is 2.03 bits per heavy atom. The Kier molecular flexibility index (Phi) is 7.53. The molecular weight excluding hydrogens is 501 g/mol. The maximum Gasteiger partial charge on any atom is 0.433 e. The summed E-state index contributed by atoms with van der Waals surface area (Å²) in [6.07, 6.45) is -15.5. The number of hydrogen-bond donors (Lipinski definition) is 0. The summed E-state index contributed by atoms with van der Waals surface area (Å²) >= 11 is 0. The average molecular weight is 519 g/mol. The molecule has 0 bridgehead atoms. The molecule has 0 amide bonds. The van der Waals surface area contributed by atoms with Gasteiger partial charge in [0.25, 0.3) is 0 Å². The molecule has 0 unspecified atom stereocenters. The lowest BCUT2D eigenvalue weighted by atomic mass is 9.98. The molecule has 0 atom stereocenters. The number of benzene rings is 1. The average Bonchev–Trinajstić information content (AvgIpc) is 2.67. The third-order valence-corrected chi connectivity index (χ3v) is 4.26. The molecule has 0 N–H and O–H groups in total. The number of hydrogen-bond acceptors (Lipinski definition) is 5. The van der Waals surface area contributed by atoms with Crippen LogP contribution in [-0.2, 0) is 35.1 Å². The fraction of sp³-hybridized carbons (Fsp3) is 0.450. The van der Waals surface area contributed by atoms with E-state index in [9.17, 15) is 44.3 Å². The first-order valence-electron chi connectivity index (χ1n) is 9.49. The second-order valence-electron chi connectivity index (χ2n) is 8.12. The second kappa shape index (κ2) is 9.41. The lowest BCUT2D eigenvalue weighted by Crippen LogP contribution is -2.29. The van der Waals surface area contributed by atoms with Crippen molar-refractivity contribution >= 4 is 11.7 Å². The number of esters is 1. The maximum absolute atomic E-state index is 13.4. The van der Waals surface area contributed by atoms with Gasteiger partial charge in [0.1, 0.15) is 0 Å². The molecule has 0 radical (unpaired) electrons. The van der Waals surface area contributed by atoms with Crippen LogP contribution < -0.4 is 10.4 Å². The maximum atomic E-state index is 13.4. The van der Waals surface area contributed by atoms with Crippen LogP contribution in [0.5, 0.6) is 5.88 Å². The van der Waals surface area contributed by atoms with Gasteiger partial charge < -0.3 is 9.47 Å². The van der Waals surface area contributed by atoms with Crippen molar-refractivity contribution in [3.05, 3.63) is 46.7 Å². The highest BCUT2D eigenvalue weighted by molar-refractivity contribution is 5.75. The van der Waals surface area contributed by atoms with E-state index in [2.05, 4.69) is 9.98 Å². The zero-order valence-electron chi connectivity index (χ0n) is 18.5. The van der Waals surface area contributed by atoms with Gasteiger partial charge in [-0.05, 0) is 39.0 Å². The number of nitrogens with zero attached hydrogens (tertiary/aromatic N) is 3. The van der Waals surface area contributed by atoms with Crippen LogP contribution in [-0.4, -0.2) is 22.3 Å². The van der Waals surface area contributed by atoms with E-state index >= 15 is 0 Å². The van der Waals surface area contributed by atoms with Gasteiger partial charge in [-0.2, -0.15) is 39.5 Å². The van der Waals surface area contributed by atoms with Crippen molar-refractivity contribution in [2.75, 3.05) is 6.79 Å². The van der Waals surface area contributed by atoms with E-state index in [1.807, 2.05) is 0 Å². The van der Waals surface area contributed by atoms with Gasteiger partial charge in [-0.25, -0.2) is 9.98 Å². The molecule has 194 valence electrons. The number of aromatic nitrogens is 2. The third kappa shape index (κ3) is 7.11. The van der Waals surface area contributed by atoms with E-state index in [0.717, 1.165) is 7.05 Å². The van der Waals surface area contributed by atoms with Crippen LogP contribution in [0.1, 0.15) is 37.6 Å². The van der Waals surface area contributed by atoms with Crippen molar-refractivity contribution in [1.29, 1.82) is 0 Å². The molecule has 0 spiro atoms. The molecule has 1 heterocycles. The number of carbonyl (C=O) groups excluding carboxylic acids is 1. The Morgan fingerprint density at radius 1 is 0.943 bits per heavy atom. The van der Waals surface area contributed by atoms with E-state index in [1.54, 1.807) is 0 Å². The van der Waals surface area contributed by atoms with Crippen molar-refractivity contribution < 1.29 is 53.8 Å². The van der Waals surface area contributed by atoms with Gasteiger partial charge in [-0.15, -0.1) is 0 Å².